The van der Waals surface area contributed by atoms with E-state index >= 15 is 0 Å². The maximum Gasteiger partial charge on any atom is 0.221 e. The Bertz CT molecular complexity index is 511. The van der Waals surface area contributed by atoms with Gasteiger partial charge in [-0.15, -0.1) is 24.0 Å². The lowest BCUT2D eigenvalue weighted by molar-refractivity contribution is -0.114. The lowest BCUT2D eigenvalue weighted by Crippen LogP contribution is -2.40. The molecule has 0 fully saturated rings. The number of aliphatic imine (C=N–C) groups is 1. The normalized spacial score (nSPS) is 12.0. The quantitative estimate of drug-likeness (QED) is 0.249. The van der Waals surface area contributed by atoms with Gasteiger partial charge in [-0.05, 0) is 19.1 Å². The van der Waals surface area contributed by atoms with Crippen molar-refractivity contribution in [2.45, 2.75) is 19.9 Å². The maximum atomic E-state index is 11.0. The van der Waals surface area contributed by atoms with E-state index in [0.717, 1.165) is 0 Å². The van der Waals surface area contributed by atoms with Crippen LogP contribution in [0.5, 0.6) is 5.75 Å². The molecule has 1 atom stereocenters. The summed E-state index contributed by atoms with van der Waals surface area (Å²) in [5.41, 5.74) is 6.44. The number of amides is 1. The van der Waals surface area contributed by atoms with E-state index in [9.17, 15) is 4.79 Å². The highest BCUT2D eigenvalue weighted by atomic mass is 127. The Labute approximate surface area is 154 Å². The fourth-order valence-electron chi connectivity index (χ4n) is 1.79. The number of ether oxygens (including phenoxy) is 2. The molecule has 1 aromatic rings. The largest absolute Gasteiger partial charge is 0.492 e. The molecule has 0 saturated heterocycles. The number of carbonyl (C=O) groups is 1. The first kappa shape index (κ1) is 21.4. The third-order valence-corrected chi connectivity index (χ3v) is 2.61. The minimum Gasteiger partial charge on any atom is -0.492 e. The second-order valence-corrected chi connectivity index (χ2v) is 4.83. The summed E-state index contributed by atoms with van der Waals surface area (Å²) >= 11 is 0. The predicted molar refractivity (Wildman–Crippen MR) is 103 cm³/mol. The van der Waals surface area contributed by atoms with Gasteiger partial charge in [0.1, 0.15) is 12.4 Å². The standard InChI is InChI=1S/C15H24N4O3.HI/c1-11(10-21-3)18-15(16)17-7-8-22-14-6-4-5-13(9-14)19-12(2)20;/h4-6,9,11H,7-8,10H2,1-3H3,(H,19,20)(H3,16,17,18);1H. The molecule has 1 aromatic carbocycles. The third-order valence-electron chi connectivity index (χ3n) is 2.61. The number of nitrogens with two attached hydrogens (primary N) is 1. The van der Waals surface area contributed by atoms with E-state index < -0.39 is 0 Å². The Kier molecular flexibility index (Phi) is 11.1. The van der Waals surface area contributed by atoms with Gasteiger partial charge < -0.3 is 25.8 Å². The number of hydrogen-bond acceptors (Lipinski definition) is 4. The Morgan fingerprint density at radius 3 is 2.83 bits per heavy atom. The van der Waals surface area contributed by atoms with Crippen LogP contribution in [0.4, 0.5) is 5.69 Å². The molecule has 23 heavy (non-hydrogen) atoms. The fraction of sp³-hybridized carbons (Fsp3) is 0.467. The van der Waals surface area contributed by atoms with E-state index in [4.69, 9.17) is 15.2 Å². The molecule has 1 rings (SSSR count). The predicted octanol–water partition coefficient (Wildman–Crippen LogP) is 1.58. The van der Waals surface area contributed by atoms with Gasteiger partial charge in [0.25, 0.3) is 0 Å². The van der Waals surface area contributed by atoms with E-state index in [0.29, 0.717) is 37.2 Å². The number of anilines is 1. The fourth-order valence-corrected chi connectivity index (χ4v) is 1.79. The highest BCUT2D eigenvalue weighted by molar-refractivity contribution is 14.0. The van der Waals surface area contributed by atoms with E-state index in [2.05, 4.69) is 15.6 Å². The van der Waals surface area contributed by atoms with E-state index in [1.165, 1.54) is 6.92 Å². The average Bonchev–Trinajstić information content (AvgIpc) is 2.43. The molecular weight excluding hydrogens is 411 g/mol. The highest BCUT2D eigenvalue weighted by Crippen LogP contribution is 2.17. The number of halogens is 1. The number of nitrogens with zero attached hydrogens (tertiary/aromatic N) is 1. The number of guanidine groups is 1. The monoisotopic (exact) mass is 436 g/mol. The first-order chi connectivity index (χ1) is 10.5. The van der Waals surface area contributed by atoms with Crippen molar-refractivity contribution < 1.29 is 14.3 Å². The molecular formula is C15H25IN4O3. The number of hydrogen-bond donors (Lipinski definition) is 3. The molecule has 0 aliphatic heterocycles. The second-order valence-electron chi connectivity index (χ2n) is 4.83. The smallest absolute Gasteiger partial charge is 0.221 e. The van der Waals surface area contributed by atoms with Gasteiger partial charge in [0.05, 0.1) is 13.2 Å². The number of nitrogens with one attached hydrogen (secondary N) is 2. The van der Waals surface area contributed by atoms with Gasteiger partial charge in [-0.3, -0.25) is 4.79 Å². The van der Waals surface area contributed by atoms with Crippen molar-refractivity contribution in [3.8, 4) is 5.75 Å². The van der Waals surface area contributed by atoms with Crippen LogP contribution in [0.2, 0.25) is 0 Å². The van der Waals surface area contributed by atoms with Crippen molar-refractivity contribution in [3.63, 3.8) is 0 Å². The molecule has 1 amide bonds. The zero-order valence-corrected chi connectivity index (χ0v) is 16.0. The lowest BCUT2D eigenvalue weighted by Gasteiger charge is -2.13. The van der Waals surface area contributed by atoms with Crippen LogP contribution in [-0.4, -0.2) is 44.8 Å². The van der Waals surface area contributed by atoms with Gasteiger partial charge in [-0.1, -0.05) is 6.07 Å². The van der Waals surface area contributed by atoms with Crippen molar-refractivity contribution in [1.82, 2.24) is 5.32 Å². The second kappa shape index (κ2) is 11.9. The summed E-state index contributed by atoms with van der Waals surface area (Å²) in [6.07, 6.45) is 0. The summed E-state index contributed by atoms with van der Waals surface area (Å²) in [6, 6.07) is 7.28. The zero-order chi connectivity index (χ0) is 16.4. The summed E-state index contributed by atoms with van der Waals surface area (Å²) < 4.78 is 10.6. The van der Waals surface area contributed by atoms with Crippen LogP contribution in [0.3, 0.4) is 0 Å². The van der Waals surface area contributed by atoms with Crippen LogP contribution >= 0.6 is 24.0 Å². The van der Waals surface area contributed by atoms with Gasteiger partial charge in [0.15, 0.2) is 5.96 Å². The molecule has 0 aliphatic rings. The molecule has 0 aliphatic carbocycles. The van der Waals surface area contributed by atoms with Gasteiger partial charge in [0.2, 0.25) is 5.91 Å². The Balaban J connectivity index is 0.00000484. The van der Waals surface area contributed by atoms with Crippen molar-refractivity contribution in [1.29, 1.82) is 0 Å². The minimum atomic E-state index is -0.120. The third kappa shape index (κ3) is 9.95. The lowest BCUT2D eigenvalue weighted by atomic mass is 10.3. The van der Waals surface area contributed by atoms with Crippen LogP contribution in [0.1, 0.15) is 13.8 Å². The van der Waals surface area contributed by atoms with E-state index in [-0.39, 0.29) is 35.9 Å². The molecule has 4 N–H and O–H groups in total. The summed E-state index contributed by atoms with van der Waals surface area (Å²) in [5, 5.41) is 5.71. The Hall–Kier alpha value is -1.55. The molecule has 0 bridgehead atoms. The highest BCUT2D eigenvalue weighted by Gasteiger charge is 2.01. The number of methoxy groups -OCH3 is 1. The molecule has 0 radical (unpaired) electrons. The topological polar surface area (TPSA) is 98.0 Å². The van der Waals surface area contributed by atoms with Crippen molar-refractivity contribution in [2.75, 3.05) is 32.2 Å². The summed E-state index contributed by atoms with van der Waals surface area (Å²) in [7, 11) is 1.63. The zero-order valence-electron chi connectivity index (χ0n) is 13.7. The van der Waals surface area contributed by atoms with Gasteiger partial charge in [-0.25, -0.2) is 4.99 Å². The average molecular weight is 436 g/mol. The van der Waals surface area contributed by atoms with Crippen LogP contribution in [0, 0.1) is 0 Å². The molecule has 8 heteroatoms. The van der Waals surface area contributed by atoms with Crippen molar-refractivity contribution in [3.05, 3.63) is 24.3 Å². The molecule has 0 saturated carbocycles. The Morgan fingerprint density at radius 1 is 1.43 bits per heavy atom. The maximum absolute atomic E-state index is 11.0. The number of carbonyl (C=O) groups excluding carboxylic acids is 1. The molecule has 7 nitrogen and oxygen atoms in total. The summed E-state index contributed by atoms with van der Waals surface area (Å²) in [5.74, 6) is 0.909. The van der Waals surface area contributed by atoms with Crippen molar-refractivity contribution >= 4 is 41.5 Å². The summed E-state index contributed by atoms with van der Waals surface area (Å²) in [4.78, 5) is 15.2. The molecule has 0 aromatic heterocycles. The van der Waals surface area contributed by atoms with E-state index in [1.807, 2.05) is 19.1 Å². The SMILES string of the molecule is COCC(C)NC(N)=NCCOc1cccc(NC(C)=O)c1.I. The van der Waals surface area contributed by atoms with E-state index in [1.54, 1.807) is 19.2 Å². The number of benzene rings is 1. The molecule has 130 valence electrons. The molecule has 0 heterocycles. The van der Waals surface area contributed by atoms with Crippen LogP contribution < -0.4 is 21.1 Å². The van der Waals surface area contributed by atoms with Gasteiger partial charge >= 0.3 is 0 Å². The van der Waals surface area contributed by atoms with Crippen LogP contribution in [-0.2, 0) is 9.53 Å². The van der Waals surface area contributed by atoms with Crippen LogP contribution in [0.15, 0.2) is 29.3 Å². The van der Waals surface area contributed by atoms with Gasteiger partial charge in [-0.2, -0.15) is 0 Å². The number of rotatable bonds is 8. The molecule has 0 spiro atoms. The first-order valence-electron chi connectivity index (χ1n) is 7.07. The minimum absolute atomic E-state index is 0. The van der Waals surface area contributed by atoms with Gasteiger partial charge in [0, 0.05) is 31.8 Å². The Morgan fingerprint density at radius 2 is 2.17 bits per heavy atom. The first-order valence-corrected chi connectivity index (χ1v) is 7.07. The summed E-state index contributed by atoms with van der Waals surface area (Å²) in [6.45, 7) is 4.80. The van der Waals surface area contributed by atoms with Crippen LogP contribution in [0.25, 0.3) is 0 Å². The van der Waals surface area contributed by atoms with Crippen molar-refractivity contribution in [2.24, 2.45) is 10.7 Å². The molecule has 1 unspecified atom stereocenters.